The summed E-state index contributed by atoms with van der Waals surface area (Å²) < 4.78 is 0. The van der Waals surface area contributed by atoms with Crippen molar-refractivity contribution >= 4 is 17.7 Å². The van der Waals surface area contributed by atoms with Crippen LogP contribution in [0.4, 0.5) is 0 Å². The summed E-state index contributed by atoms with van der Waals surface area (Å²) in [6.07, 6.45) is 5.09. The monoisotopic (exact) mass is 183 g/mol. The molecule has 0 aliphatic rings. The number of rotatable bonds is 2. The Morgan fingerprint density at radius 1 is 1.67 bits per heavy atom. The van der Waals surface area contributed by atoms with Crippen LogP contribution in [0.3, 0.4) is 0 Å². The van der Waals surface area contributed by atoms with Crippen molar-refractivity contribution in [3.63, 3.8) is 0 Å². The molecule has 1 aromatic heterocycles. The molecule has 1 heterocycles. The zero-order chi connectivity index (χ0) is 8.97. The van der Waals surface area contributed by atoms with Crippen LogP contribution in [0.5, 0.6) is 0 Å². The van der Waals surface area contributed by atoms with Gasteiger partial charge < -0.3 is 5.11 Å². The highest BCUT2D eigenvalue weighted by atomic mass is 35.5. The van der Waals surface area contributed by atoms with Crippen molar-refractivity contribution < 1.29 is 5.11 Å². The predicted octanol–water partition coefficient (Wildman–Crippen LogP) is 2.05. The third kappa shape index (κ3) is 2.32. The number of aliphatic hydroxyl groups is 1. The van der Waals surface area contributed by atoms with Crippen LogP contribution in [0.25, 0.3) is 6.08 Å². The summed E-state index contributed by atoms with van der Waals surface area (Å²) in [5, 5.41) is 9.00. The van der Waals surface area contributed by atoms with E-state index in [1.165, 1.54) is 0 Å². The number of hydrogen-bond donors (Lipinski definition) is 1. The van der Waals surface area contributed by atoms with E-state index in [2.05, 4.69) is 4.98 Å². The summed E-state index contributed by atoms with van der Waals surface area (Å²) in [5.41, 5.74) is 1.89. The molecule has 1 N–H and O–H groups in total. The molecule has 0 aromatic carbocycles. The molecule has 12 heavy (non-hydrogen) atoms. The maximum Gasteiger partial charge on any atom is 0.136 e. The molecule has 0 unspecified atom stereocenters. The average molecular weight is 184 g/mol. The highest BCUT2D eigenvalue weighted by molar-refractivity contribution is 6.30. The van der Waals surface area contributed by atoms with Crippen LogP contribution in [-0.2, 0) is 0 Å². The van der Waals surface area contributed by atoms with Crippen molar-refractivity contribution in [3.8, 4) is 0 Å². The molecular formula is C9H10ClNO. The molecule has 0 radical (unpaired) electrons. The lowest BCUT2D eigenvalue weighted by molar-refractivity contribution is 0.343. The van der Waals surface area contributed by atoms with Crippen molar-refractivity contribution in [3.05, 3.63) is 34.6 Å². The standard InChI is InChI=1S/C9H10ClNO/c1-7-5-8(3-2-4-12)9(10)11-6-7/h2-3,5-6,12H,4H2,1H3/b3-2-. The molecule has 3 heteroatoms. The molecule has 0 bridgehead atoms. The first-order chi connectivity index (χ1) is 5.74. The summed E-state index contributed by atoms with van der Waals surface area (Å²) in [6, 6.07) is 1.92. The van der Waals surface area contributed by atoms with Crippen LogP contribution in [0.2, 0.25) is 5.15 Å². The predicted molar refractivity (Wildman–Crippen MR) is 50.1 cm³/mol. The normalized spacial score (nSPS) is 10.9. The molecule has 1 aromatic rings. The Kier molecular flexibility index (Phi) is 3.26. The van der Waals surface area contributed by atoms with Gasteiger partial charge >= 0.3 is 0 Å². The second-order valence-corrected chi connectivity index (χ2v) is 2.84. The summed E-state index contributed by atoms with van der Waals surface area (Å²) in [4.78, 5) is 3.96. The Morgan fingerprint density at radius 2 is 2.42 bits per heavy atom. The van der Waals surface area contributed by atoms with Gasteiger partial charge in [-0.15, -0.1) is 0 Å². The smallest absolute Gasteiger partial charge is 0.136 e. The number of aryl methyl sites for hydroxylation is 1. The molecule has 0 aliphatic heterocycles. The van der Waals surface area contributed by atoms with Gasteiger partial charge in [-0.2, -0.15) is 0 Å². The van der Waals surface area contributed by atoms with Gasteiger partial charge in [0.15, 0.2) is 0 Å². The van der Waals surface area contributed by atoms with Gasteiger partial charge in [0, 0.05) is 11.8 Å². The second-order valence-electron chi connectivity index (χ2n) is 2.48. The number of aromatic nitrogens is 1. The van der Waals surface area contributed by atoms with E-state index in [-0.39, 0.29) is 6.61 Å². The molecule has 0 saturated heterocycles. The van der Waals surface area contributed by atoms with E-state index >= 15 is 0 Å². The second kappa shape index (κ2) is 4.24. The molecule has 0 fully saturated rings. The first-order valence-corrected chi connectivity index (χ1v) is 4.01. The number of pyridine rings is 1. The fourth-order valence-electron chi connectivity index (χ4n) is 0.872. The molecule has 0 amide bonds. The van der Waals surface area contributed by atoms with Crippen LogP contribution in [-0.4, -0.2) is 16.7 Å². The van der Waals surface area contributed by atoms with Crippen molar-refractivity contribution in [1.82, 2.24) is 4.98 Å². The van der Waals surface area contributed by atoms with Crippen molar-refractivity contribution in [2.45, 2.75) is 6.92 Å². The summed E-state index contributed by atoms with van der Waals surface area (Å²) >= 11 is 5.79. The zero-order valence-corrected chi connectivity index (χ0v) is 7.54. The molecule has 0 aliphatic carbocycles. The minimum absolute atomic E-state index is 0.0181. The third-order valence-electron chi connectivity index (χ3n) is 1.41. The maximum atomic E-state index is 8.54. The molecule has 2 nitrogen and oxygen atoms in total. The minimum Gasteiger partial charge on any atom is -0.392 e. The van der Waals surface area contributed by atoms with E-state index in [4.69, 9.17) is 16.7 Å². The molecule has 0 saturated carbocycles. The van der Waals surface area contributed by atoms with E-state index in [1.54, 1.807) is 18.3 Å². The maximum absolute atomic E-state index is 8.54. The van der Waals surface area contributed by atoms with Gasteiger partial charge in [-0.05, 0) is 18.6 Å². The number of hydrogen-bond acceptors (Lipinski definition) is 2. The van der Waals surface area contributed by atoms with E-state index < -0.39 is 0 Å². The quantitative estimate of drug-likeness (QED) is 0.712. The van der Waals surface area contributed by atoms with Crippen LogP contribution in [0, 0.1) is 6.92 Å². The number of halogens is 1. The summed E-state index contributed by atoms with van der Waals surface area (Å²) in [5.74, 6) is 0. The van der Waals surface area contributed by atoms with E-state index in [9.17, 15) is 0 Å². The highest BCUT2D eigenvalue weighted by Crippen LogP contribution is 2.15. The van der Waals surface area contributed by atoms with Gasteiger partial charge in [0.2, 0.25) is 0 Å². The Balaban J connectivity index is 2.97. The molecule has 0 atom stereocenters. The number of aliphatic hydroxyl groups excluding tert-OH is 1. The van der Waals surface area contributed by atoms with Crippen molar-refractivity contribution in [2.24, 2.45) is 0 Å². The SMILES string of the molecule is Cc1cnc(Cl)c(/C=C\CO)c1. The fourth-order valence-corrected chi connectivity index (χ4v) is 1.04. The van der Waals surface area contributed by atoms with E-state index in [0.29, 0.717) is 5.15 Å². The van der Waals surface area contributed by atoms with Crippen LogP contribution in [0.1, 0.15) is 11.1 Å². The zero-order valence-electron chi connectivity index (χ0n) is 6.79. The average Bonchev–Trinajstić information content (AvgIpc) is 2.07. The summed E-state index contributed by atoms with van der Waals surface area (Å²) in [6.45, 7) is 1.96. The largest absolute Gasteiger partial charge is 0.392 e. The van der Waals surface area contributed by atoms with Crippen LogP contribution in [0.15, 0.2) is 18.3 Å². The Labute approximate surface area is 76.5 Å². The lowest BCUT2D eigenvalue weighted by Crippen LogP contribution is -1.83. The Morgan fingerprint density at radius 3 is 3.08 bits per heavy atom. The van der Waals surface area contributed by atoms with Gasteiger partial charge in [-0.1, -0.05) is 23.8 Å². The van der Waals surface area contributed by atoms with E-state index in [0.717, 1.165) is 11.1 Å². The first kappa shape index (κ1) is 9.23. The molecule has 0 spiro atoms. The Bertz CT molecular complexity index is 297. The lowest BCUT2D eigenvalue weighted by atomic mass is 10.2. The van der Waals surface area contributed by atoms with Gasteiger partial charge in [-0.25, -0.2) is 4.98 Å². The first-order valence-electron chi connectivity index (χ1n) is 3.63. The highest BCUT2D eigenvalue weighted by Gasteiger charge is 1.96. The molecular weight excluding hydrogens is 174 g/mol. The van der Waals surface area contributed by atoms with Crippen LogP contribution >= 0.6 is 11.6 Å². The Hall–Kier alpha value is -0.860. The van der Waals surface area contributed by atoms with Crippen molar-refractivity contribution in [1.29, 1.82) is 0 Å². The summed E-state index contributed by atoms with van der Waals surface area (Å²) in [7, 11) is 0. The van der Waals surface area contributed by atoms with Gasteiger partial charge in [0.1, 0.15) is 5.15 Å². The van der Waals surface area contributed by atoms with E-state index in [1.807, 2.05) is 13.0 Å². The van der Waals surface area contributed by atoms with Gasteiger partial charge in [0.05, 0.1) is 6.61 Å². The third-order valence-corrected chi connectivity index (χ3v) is 1.72. The van der Waals surface area contributed by atoms with Gasteiger partial charge in [0.25, 0.3) is 0 Å². The molecule has 1 rings (SSSR count). The lowest BCUT2D eigenvalue weighted by Gasteiger charge is -1.97. The molecule has 64 valence electrons. The topological polar surface area (TPSA) is 33.1 Å². The van der Waals surface area contributed by atoms with Crippen LogP contribution < -0.4 is 0 Å². The number of nitrogens with zero attached hydrogens (tertiary/aromatic N) is 1. The van der Waals surface area contributed by atoms with Crippen molar-refractivity contribution in [2.75, 3.05) is 6.61 Å². The minimum atomic E-state index is 0.0181. The van der Waals surface area contributed by atoms with Gasteiger partial charge in [-0.3, -0.25) is 0 Å². The fraction of sp³-hybridized carbons (Fsp3) is 0.222.